The SMILES string of the molecule is COc1cc(C)c(C(O)CNO)cc1C. The molecule has 0 fully saturated rings. The van der Waals surface area contributed by atoms with Crippen LogP contribution >= 0.6 is 0 Å². The minimum Gasteiger partial charge on any atom is -0.496 e. The van der Waals surface area contributed by atoms with Crippen LogP contribution in [0.2, 0.25) is 0 Å². The summed E-state index contributed by atoms with van der Waals surface area (Å²) in [6.45, 7) is 3.94. The second-order valence-electron chi connectivity index (χ2n) is 3.56. The Kier molecular flexibility index (Phi) is 4.08. The summed E-state index contributed by atoms with van der Waals surface area (Å²) >= 11 is 0. The zero-order valence-electron chi connectivity index (χ0n) is 9.24. The van der Waals surface area contributed by atoms with E-state index in [0.717, 1.165) is 22.4 Å². The fourth-order valence-electron chi connectivity index (χ4n) is 1.59. The summed E-state index contributed by atoms with van der Waals surface area (Å²) in [5.74, 6) is 0.806. The molecule has 0 bridgehead atoms. The number of benzene rings is 1. The van der Waals surface area contributed by atoms with Gasteiger partial charge in [0, 0.05) is 0 Å². The van der Waals surface area contributed by atoms with Crippen LogP contribution in [0, 0.1) is 13.8 Å². The normalized spacial score (nSPS) is 12.6. The molecule has 0 saturated heterocycles. The third kappa shape index (κ3) is 2.68. The molecule has 3 N–H and O–H groups in total. The maximum atomic E-state index is 9.73. The summed E-state index contributed by atoms with van der Waals surface area (Å²) in [5, 5.41) is 18.3. The van der Waals surface area contributed by atoms with Crippen molar-refractivity contribution < 1.29 is 15.1 Å². The molecular formula is C11H17NO3. The van der Waals surface area contributed by atoms with Crippen LogP contribution in [-0.2, 0) is 0 Å². The first kappa shape index (κ1) is 12.0. The van der Waals surface area contributed by atoms with Gasteiger partial charge < -0.3 is 15.1 Å². The van der Waals surface area contributed by atoms with Gasteiger partial charge in [-0.25, -0.2) is 5.48 Å². The van der Waals surface area contributed by atoms with Crippen LogP contribution < -0.4 is 10.2 Å². The van der Waals surface area contributed by atoms with Crippen molar-refractivity contribution in [1.82, 2.24) is 5.48 Å². The Balaban J connectivity index is 3.04. The van der Waals surface area contributed by atoms with Gasteiger partial charge in [0.2, 0.25) is 0 Å². The fraction of sp³-hybridized carbons (Fsp3) is 0.455. The molecule has 0 amide bonds. The second-order valence-corrected chi connectivity index (χ2v) is 3.56. The molecule has 15 heavy (non-hydrogen) atoms. The lowest BCUT2D eigenvalue weighted by molar-refractivity contribution is 0.0917. The Morgan fingerprint density at radius 1 is 1.33 bits per heavy atom. The number of aryl methyl sites for hydroxylation is 2. The van der Waals surface area contributed by atoms with Crippen LogP contribution in [0.4, 0.5) is 0 Å². The predicted molar refractivity (Wildman–Crippen MR) is 57.2 cm³/mol. The zero-order chi connectivity index (χ0) is 11.4. The van der Waals surface area contributed by atoms with Gasteiger partial charge in [-0.2, -0.15) is 0 Å². The lowest BCUT2D eigenvalue weighted by atomic mass is 10.00. The molecule has 1 unspecified atom stereocenters. The topological polar surface area (TPSA) is 61.7 Å². The molecule has 0 radical (unpaired) electrons. The van der Waals surface area contributed by atoms with Crippen LogP contribution in [0.5, 0.6) is 5.75 Å². The predicted octanol–water partition coefficient (Wildman–Crippen LogP) is 1.32. The van der Waals surface area contributed by atoms with Gasteiger partial charge in [-0.3, -0.25) is 0 Å². The summed E-state index contributed by atoms with van der Waals surface area (Å²) < 4.78 is 5.17. The molecule has 0 aliphatic rings. The number of methoxy groups -OCH3 is 1. The molecule has 4 nitrogen and oxygen atoms in total. The Labute approximate surface area is 89.5 Å². The number of rotatable bonds is 4. The number of hydroxylamine groups is 1. The third-order valence-electron chi connectivity index (χ3n) is 2.43. The van der Waals surface area contributed by atoms with E-state index in [4.69, 9.17) is 9.94 Å². The van der Waals surface area contributed by atoms with Gasteiger partial charge in [0.15, 0.2) is 0 Å². The van der Waals surface area contributed by atoms with Gasteiger partial charge in [0.1, 0.15) is 5.75 Å². The maximum Gasteiger partial charge on any atom is 0.122 e. The molecule has 0 heterocycles. The van der Waals surface area contributed by atoms with Crippen molar-refractivity contribution in [3.63, 3.8) is 0 Å². The largest absolute Gasteiger partial charge is 0.496 e. The van der Waals surface area contributed by atoms with Crippen LogP contribution in [0.15, 0.2) is 12.1 Å². The monoisotopic (exact) mass is 211 g/mol. The summed E-state index contributed by atoms with van der Waals surface area (Å²) in [7, 11) is 1.62. The van der Waals surface area contributed by atoms with Crippen LogP contribution in [0.3, 0.4) is 0 Å². The first-order valence-corrected chi connectivity index (χ1v) is 4.80. The Morgan fingerprint density at radius 3 is 2.53 bits per heavy atom. The number of aliphatic hydroxyl groups is 1. The van der Waals surface area contributed by atoms with Gasteiger partial charge in [-0.15, -0.1) is 0 Å². The molecule has 1 rings (SSSR count). The van der Waals surface area contributed by atoms with Crippen molar-refractivity contribution in [1.29, 1.82) is 0 Å². The lowest BCUT2D eigenvalue weighted by Gasteiger charge is -2.15. The standard InChI is InChI=1S/C11H17NO3/c1-7-5-11(15-3)8(2)4-9(7)10(13)6-12-14/h4-5,10,12-14H,6H2,1-3H3. The maximum absolute atomic E-state index is 9.73. The Morgan fingerprint density at radius 2 is 2.00 bits per heavy atom. The molecule has 1 aromatic rings. The first-order valence-electron chi connectivity index (χ1n) is 4.80. The van der Waals surface area contributed by atoms with Crippen LogP contribution in [0.25, 0.3) is 0 Å². The van der Waals surface area contributed by atoms with Crippen molar-refractivity contribution in [2.24, 2.45) is 0 Å². The van der Waals surface area contributed by atoms with E-state index < -0.39 is 6.10 Å². The first-order chi connectivity index (χ1) is 7.10. The summed E-state index contributed by atoms with van der Waals surface area (Å²) in [6, 6.07) is 3.75. The van der Waals surface area contributed by atoms with Gasteiger partial charge in [0.25, 0.3) is 0 Å². The molecule has 0 aliphatic heterocycles. The molecule has 1 atom stereocenters. The van der Waals surface area contributed by atoms with Crippen LogP contribution in [-0.4, -0.2) is 24.0 Å². The number of hydrogen-bond donors (Lipinski definition) is 3. The third-order valence-corrected chi connectivity index (χ3v) is 2.43. The molecule has 0 aliphatic carbocycles. The quantitative estimate of drug-likeness (QED) is 0.657. The van der Waals surface area contributed by atoms with Crippen molar-refractivity contribution in [3.05, 3.63) is 28.8 Å². The molecular weight excluding hydrogens is 194 g/mol. The highest BCUT2D eigenvalue weighted by atomic mass is 16.5. The van der Waals surface area contributed by atoms with Crippen molar-refractivity contribution in [2.75, 3.05) is 13.7 Å². The lowest BCUT2D eigenvalue weighted by Crippen LogP contribution is -2.18. The van der Waals surface area contributed by atoms with Gasteiger partial charge in [0.05, 0.1) is 19.8 Å². The smallest absolute Gasteiger partial charge is 0.122 e. The molecule has 0 aromatic heterocycles. The van der Waals surface area contributed by atoms with E-state index in [9.17, 15) is 5.11 Å². The minimum atomic E-state index is -0.709. The average molecular weight is 211 g/mol. The highest BCUT2D eigenvalue weighted by Crippen LogP contribution is 2.26. The van der Waals surface area contributed by atoms with Crippen LogP contribution in [0.1, 0.15) is 22.8 Å². The van der Waals surface area contributed by atoms with Gasteiger partial charge >= 0.3 is 0 Å². The fourth-order valence-corrected chi connectivity index (χ4v) is 1.59. The number of ether oxygens (including phenoxy) is 1. The van der Waals surface area contributed by atoms with E-state index >= 15 is 0 Å². The van der Waals surface area contributed by atoms with E-state index in [1.807, 2.05) is 31.5 Å². The van der Waals surface area contributed by atoms with E-state index in [0.29, 0.717) is 0 Å². The summed E-state index contributed by atoms with van der Waals surface area (Å²) in [5.41, 5.74) is 4.67. The van der Waals surface area contributed by atoms with Crippen molar-refractivity contribution >= 4 is 0 Å². The number of nitrogens with one attached hydrogen (secondary N) is 1. The molecule has 0 saturated carbocycles. The summed E-state index contributed by atoms with van der Waals surface area (Å²) in [4.78, 5) is 0. The van der Waals surface area contributed by atoms with E-state index in [1.165, 1.54) is 0 Å². The van der Waals surface area contributed by atoms with E-state index in [2.05, 4.69) is 0 Å². The molecule has 0 spiro atoms. The van der Waals surface area contributed by atoms with E-state index in [-0.39, 0.29) is 6.54 Å². The van der Waals surface area contributed by atoms with E-state index in [1.54, 1.807) is 7.11 Å². The highest BCUT2D eigenvalue weighted by molar-refractivity contribution is 5.42. The molecule has 4 heteroatoms. The van der Waals surface area contributed by atoms with Gasteiger partial charge in [-0.1, -0.05) is 0 Å². The number of aliphatic hydroxyl groups excluding tert-OH is 1. The molecule has 84 valence electrons. The number of hydrogen-bond acceptors (Lipinski definition) is 4. The zero-order valence-corrected chi connectivity index (χ0v) is 9.24. The Bertz CT molecular complexity index is 339. The van der Waals surface area contributed by atoms with Gasteiger partial charge in [-0.05, 0) is 42.7 Å². The summed E-state index contributed by atoms with van der Waals surface area (Å²) in [6.07, 6.45) is -0.709. The second kappa shape index (κ2) is 5.11. The highest BCUT2D eigenvalue weighted by Gasteiger charge is 2.12. The Hall–Kier alpha value is -1.10. The minimum absolute atomic E-state index is 0.118. The van der Waals surface area contributed by atoms with Crippen molar-refractivity contribution in [2.45, 2.75) is 20.0 Å². The average Bonchev–Trinajstić information content (AvgIpc) is 2.21. The molecule has 1 aromatic carbocycles. The van der Waals surface area contributed by atoms with Crippen molar-refractivity contribution in [3.8, 4) is 5.75 Å².